The number of amides is 1. The number of likely N-dealkylation sites (tertiary alicyclic amines) is 1. The Bertz CT molecular complexity index is 1190. The molecule has 0 unspecified atom stereocenters. The number of ether oxygens (including phenoxy) is 1. The molecule has 7 nitrogen and oxygen atoms in total. The van der Waals surface area contributed by atoms with Gasteiger partial charge in [-0.2, -0.15) is 0 Å². The van der Waals surface area contributed by atoms with Gasteiger partial charge in [-0.1, -0.05) is 55.1 Å². The van der Waals surface area contributed by atoms with E-state index < -0.39 is 0 Å². The summed E-state index contributed by atoms with van der Waals surface area (Å²) in [4.78, 5) is 33.0. The molecule has 228 valence electrons. The van der Waals surface area contributed by atoms with E-state index in [9.17, 15) is 9.59 Å². The Morgan fingerprint density at radius 2 is 1.62 bits per heavy atom. The molecule has 2 saturated heterocycles. The first-order chi connectivity index (χ1) is 20.3. The Kier molecular flexibility index (Phi) is 10.3. The molecule has 8 heteroatoms. The summed E-state index contributed by atoms with van der Waals surface area (Å²) >= 11 is 6.18. The fourth-order valence-corrected chi connectivity index (χ4v) is 7.45. The number of esters is 1. The number of carbonyl (C=O) groups is 2. The first-order valence-corrected chi connectivity index (χ1v) is 16.1. The number of halogens is 1. The van der Waals surface area contributed by atoms with Crippen molar-refractivity contribution in [2.24, 2.45) is 5.92 Å². The Labute approximate surface area is 256 Å². The highest BCUT2D eigenvalue weighted by atomic mass is 35.5. The second kappa shape index (κ2) is 13.9. The zero-order valence-corrected chi connectivity index (χ0v) is 26.2. The van der Waals surface area contributed by atoms with Crippen LogP contribution in [0.5, 0.6) is 0 Å². The molecular formula is C34H47ClN4O3. The van der Waals surface area contributed by atoms with Crippen LogP contribution < -0.4 is 5.32 Å². The summed E-state index contributed by atoms with van der Waals surface area (Å²) in [5.74, 6) is 0.185. The maximum Gasteiger partial charge on any atom is 0.337 e. The largest absolute Gasteiger partial charge is 0.465 e. The third-order valence-electron chi connectivity index (χ3n) is 9.90. The topological polar surface area (TPSA) is 65.1 Å². The van der Waals surface area contributed by atoms with Gasteiger partial charge in [0.2, 0.25) is 5.91 Å². The quantitative estimate of drug-likeness (QED) is 0.403. The van der Waals surface area contributed by atoms with Crippen LogP contribution in [-0.4, -0.2) is 91.1 Å². The summed E-state index contributed by atoms with van der Waals surface area (Å²) in [6.07, 6.45) is 6.20. The lowest BCUT2D eigenvalue weighted by Crippen LogP contribution is -2.62. The van der Waals surface area contributed by atoms with Gasteiger partial charge in [0.25, 0.3) is 0 Å². The zero-order chi connectivity index (χ0) is 29.7. The second-order valence-electron chi connectivity index (χ2n) is 12.7. The summed E-state index contributed by atoms with van der Waals surface area (Å²) in [5.41, 5.74) is 3.08. The number of hydrogen-bond acceptors (Lipinski definition) is 6. The van der Waals surface area contributed by atoms with Gasteiger partial charge in [-0.15, -0.1) is 0 Å². The maximum atomic E-state index is 14.0. The summed E-state index contributed by atoms with van der Waals surface area (Å²) in [7, 11) is 1.41. The van der Waals surface area contributed by atoms with Gasteiger partial charge in [0.15, 0.2) is 0 Å². The molecule has 0 bridgehead atoms. The van der Waals surface area contributed by atoms with E-state index in [1.54, 1.807) is 0 Å². The Morgan fingerprint density at radius 3 is 2.24 bits per heavy atom. The van der Waals surface area contributed by atoms with Crippen LogP contribution in [0.3, 0.4) is 0 Å². The maximum absolute atomic E-state index is 14.0. The molecule has 2 aromatic carbocycles. The summed E-state index contributed by atoms with van der Waals surface area (Å²) in [6.45, 7) is 11.3. The van der Waals surface area contributed by atoms with Gasteiger partial charge in [0, 0.05) is 74.9 Å². The van der Waals surface area contributed by atoms with Crippen molar-refractivity contribution in [2.75, 3.05) is 52.9 Å². The van der Waals surface area contributed by atoms with Gasteiger partial charge in [-0.25, -0.2) is 4.79 Å². The SMILES string of the molecule is COC(=O)c1ccc(CNCC2(N3CCN(C(=O)[C@H]4CN(C(C)C)C[C@@H]4c4ccc(Cl)cc4)CC3)CCCCC2)cc1. The van der Waals surface area contributed by atoms with Crippen LogP contribution in [0.25, 0.3) is 0 Å². The van der Waals surface area contributed by atoms with E-state index in [4.69, 9.17) is 16.3 Å². The fraction of sp³-hybridized carbons (Fsp3) is 0.588. The first kappa shape index (κ1) is 31.0. The molecule has 1 amide bonds. The molecule has 0 aromatic heterocycles. The van der Waals surface area contributed by atoms with E-state index in [1.807, 2.05) is 36.4 Å². The number of benzene rings is 2. The van der Waals surface area contributed by atoms with Crippen molar-refractivity contribution in [3.05, 3.63) is 70.2 Å². The van der Waals surface area contributed by atoms with E-state index in [2.05, 4.69) is 46.0 Å². The molecule has 0 radical (unpaired) electrons. The van der Waals surface area contributed by atoms with Crippen molar-refractivity contribution in [3.63, 3.8) is 0 Å². The van der Waals surface area contributed by atoms with Crippen molar-refractivity contribution in [1.82, 2.24) is 20.0 Å². The number of hydrogen-bond donors (Lipinski definition) is 1. The lowest BCUT2D eigenvalue weighted by molar-refractivity contribution is -0.138. The lowest BCUT2D eigenvalue weighted by atomic mass is 9.79. The van der Waals surface area contributed by atoms with Gasteiger partial charge < -0.3 is 15.0 Å². The number of piperazine rings is 1. The van der Waals surface area contributed by atoms with Crippen molar-refractivity contribution in [2.45, 2.75) is 70.0 Å². The molecule has 2 heterocycles. The minimum Gasteiger partial charge on any atom is -0.465 e. The number of nitrogens with one attached hydrogen (secondary N) is 1. The Balaban J connectivity index is 1.20. The molecule has 3 fully saturated rings. The van der Waals surface area contributed by atoms with E-state index in [-0.39, 0.29) is 23.3 Å². The van der Waals surface area contributed by atoms with Gasteiger partial charge in [-0.05, 0) is 62.1 Å². The van der Waals surface area contributed by atoms with Crippen molar-refractivity contribution in [3.8, 4) is 0 Å². The number of methoxy groups -OCH3 is 1. The van der Waals surface area contributed by atoms with Crippen LogP contribution in [-0.2, 0) is 16.1 Å². The molecule has 1 saturated carbocycles. The van der Waals surface area contributed by atoms with Gasteiger partial charge in [0.1, 0.15) is 0 Å². The summed E-state index contributed by atoms with van der Waals surface area (Å²) in [5, 5.41) is 4.48. The molecule has 2 atom stereocenters. The standard InChI is InChI=1S/C34H47ClN4O3/c1-25(2)38-22-30(27-11-13-29(35)14-12-27)31(23-38)32(40)37-17-19-39(20-18-37)34(15-5-4-6-16-34)24-36-21-26-7-9-28(10-8-26)33(41)42-3/h7-14,25,30-31,36H,4-6,15-24H2,1-3H3/t30-,31+/m1/s1. The van der Waals surface area contributed by atoms with Crippen LogP contribution in [0.15, 0.2) is 48.5 Å². The highest BCUT2D eigenvalue weighted by molar-refractivity contribution is 6.30. The van der Waals surface area contributed by atoms with Crippen molar-refractivity contribution < 1.29 is 14.3 Å². The van der Waals surface area contributed by atoms with Crippen molar-refractivity contribution >= 4 is 23.5 Å². The molecule has 2 aliphatic heterocycles. The molecule has 0 spiro atoms. The highest BCUT2D eigenvalue weighted by Crippen LogP contribution is 2.37. The molecule has 42 heavy (non-hydrogen) atoms. The van der Waals surface area contributed by atoms with E-state index in [0.717, 1.165) is 62.9 Å². The molecule has 1 N–H and O–H groups in total. The predicted octanol–water partition coefficient (Wildman–Crippen LogP) is 5.19. The first-order valence-electron chi connectivity index (χ1n) is 15.7. The van der Waals surface area contributed by atoms with E-state index in [0.29, 0.717) is 17.5 Å². The minimum absolute atomic E-state index is 0.0176. The van der Waals surface area contributed by atoms with Crippen LogP contribution in [0, 0.1) is 5.92 Å². The molecular weight excluding hydrogens is 548 g/mol. The van der Waals surface area contributed by atoms with E-state index >= 15 is 0 Å². The highest BCUT2D eigenvalue weighted by Gasteiger charge is 2.44. The van der Waals surface area contributed by atoms with Gasteiger partial charge in [-0.3, -0.25) is 14.6 Å². The van der Waals surface area contributed by atoms with Crippen molar-refractivity contribution in [1.29, 1.82) is 0 Å². The predicted molar refractivity (Wildman–Crippen MR) is 168 cm³/mol. The monoisotopic (exact) mass is 594 g/mol. The van der Waals surface area contributed by atoms with Gasteiger partial charge in [0.05, 0.1) is 18.6 Å². The third-order valence-corrected chi connectivity index (χ3v) is 10.2. The third kappa shape index (κ3) is 7.02. The lowest BCUT2D eigenvalue weighted by Gasteiger charge is -2.50. The average molecular weight is 595 g/mol. The molecule has 5 rings (SSSR count). The average Bonchev–Trinajstić information content (AvgIpc) is 3.48. The van der Waals surface area contributed by atoms with Crippen LogP contribution in [0.2, 0.25) is 5.02 Å². The zero-order valence-electron chi connectivity index (χ0n) is 25.5. The minimum atomic E-state index is -0.307. The molecule has 3 aliphatic rings. The Hall–Kier alpha value is -2.45. The van der Waals surface area contributed by atoms with Crippen LogP contribution >= 0.6 is 11.6 Å². The normalized spacial score (nSPS) is 23.3. The number of rotatable bonds is 9. The van der Waals surface area contributed by atoms with Gasteiger partial charge >= 0.3 is 5.97 Å². The van der Waals surface area contributed by atoms with Crippen LogP contribution in [0.4, 0.5) is 0 Å². The molecule has 1 aliphatic carbocycles. The summed E-state index contributed by atoms with van der Waals surface area (Å²) in [6, 6.07) is 16.2. The van der Waals surface area contributed by atoms with Crippen LogP contribution in [0.1, 0.15) is 73.4 Å². The number of carbonyl (C=O) groups excluding carboxylic acids is 2. The smallest absolute Gasteiger partial charge is 0.337 e. The van der Waals surface area contributed by atoms with E-state index in [1.165, 1.54) is 44.8 Å². The second-order valence-corrected chi connectivity index (χ2v) is 13.1. The number of nitrogens with zero attached hydrogens (tertiary/aromatic N) is 3. The fourth-order valence-electron chi connectivity index (χ4n) is 7.32. The Morgan fingerprint density at radius 1 is 0.952 bits per heavy atom. The molecule has 2 aromatic rings. The summed E-state index contributed by atoms with van der Waals surface area (Å²) < 4.78 is 4.82.